The molecule has 0 unspecified atom stereocenters. The van der Waals surface area contributed by atoms with E-state index in [9.17, 15) is 0 Å². The molecule has 0 saturated heterocycles. The van der Waals surface area contributed by atoms with Crippen LogP contribution in [0.3, 0.4) is 0 Å². The lowest BCUT2D eigenvalue weighted by atomic mass is 10.2. The summed E-state index contributed by atoms with van der Waals surface area (Å²) in [6, 6.07) is 6.44. The Morgan fingerprint density at radius 3 is 2.85 bits per heavy atom. The highest BCUT2D eigenvalue weighted by Crippen LogP contribution is 2.28. The van der Waals surface area contributed by atoms with Crippen LogP contribution in [0.25, 0.3) is 0 Å². The van der Waals surface area contributed by atoms with E-state index in [4.69, 9.17) is 17.3 Å². The summed E-state index contributed by atoms with van der Waals surface area (Å²) in [5.74, 6) is 0. The molecule has 2 rings (SSSR count). The van der Waals surface area contributed by atoms with Crippen LogP contribution >= 0.6 is 11.6 Å². The molecule has 13 heavy (non-hydrogen) atoms. The minimum absolute atomic E-state index is 0.562. The first kappa shape index (κ1) is 8.85. The van der Waals surface area contributed by atoms with Crippen molar-refractivity contribution in [3.05, 3.63) is 28.8 Å². The highest BCUT2D eigenvalue weighted by Gasteiger charge is 2.21. The number of halogens is 1. The Morgan fingerprint density at radius 1 is 1.46 bits per heavy atom. The van der Waals surface area contributed by atoms with Crippen molar-refractivity contribution >= 4 is 17.3 Å². The highest BCUT2D eigenvalue weighted by atomic mass is 35.5. The summed E-state index contributed by atoms with van der Waals surface area (Å²) in [7, 11) is 0. The number of nitrogens with two attached hydrogens (primary N) is 1. The average Bonchev–Trinajstić information content (AvgIpc) is 2.89. The van der Waals surface area contributed by atoms with Crippen molar-refractivity contribution < 1.29 is 0 Å². The quantitative estimate of drug-likeness (QED) is 0.779. The number of hydrogen-bond acceptors (Lipinski definition) is 2. The van der Waals surface area contributed by atoms with Crippen LogP contribution in [0.2, 0.25) is 5.02 Å². The Hall–Kier alpha value is -0.730. The molecule has 0 heterocycles. The average molecular weight is 197 g/mol. The van der Waals surface area contributed by atoms with Gasteiger partial charge in [-0.25, -0.2) is 0 Å². The van der Waals surface area contributed by atoms with Gasteiger partial charge in [0.05, 0.1) is 0 Å². The van der Waals surface area contributed by atoms with E-state index in [-0.39, 0.29) is 0 Å². The van der Waals surface area contributed by atoms with Gasteiger partial charge in [-0.15, -0.1) is 0 Å². The fourth-order valence-corrected chi connectivity index (χ4v) is 1.48. The van der Waals surface area contributed by atoms with Crippen molar-refractivity contribution in [2.45, 2.75) is 25.4 Å². The van der Waals surface area contributed by atoms with Crippen molar-refractivity contribution in [2.75, 3.05) is 5.32 Å². The smallest absolute Gasteiger partial charge is 0.0426 e. The summed E-state index contributed by atoms with van der Waals surface area (Å²) in [6.45, 7) is 0.562. The Morgan fingerprint density at radius 2 is 2.23 bits per heavy atom. The Bertz CT molecular complexity index is 308. The third-order valence-corrected chi connectivity index (χ3v) is 2.46. The van der Waals surface area contributed by atoms with E-state index >= 15 is 0 Å². The second-order valence-corrected chi connectivity index (χ2v) is 3.86. The van der Waals surface area contributed by atoms with Gasteiger partial charge in [0.25, 0.3) is 0 Å². The topological polar surface area (TPSA) is 38.0 Å². The van der Waals surface area contributed by atoms with Gasteiger partial charge in [-0.2, -0.15) is 0 Å². The Kier molecular flexibility index (Phi) is 2.42. The molecular weight excluding hydrogens is 184 g/mol. The van der Waals surface area contributed by atoms with Crippen LogP contribution in [0.4, 0.5) is 5.69 Å². The molecule has 1 aromatic carbocycles. The van der Waals surface area contributed by atoms with Gasteiger partial charge in [0.2, 0.25) is 0 Å². The zero-order valence-electron chi connectivity index (χ0n) is 7.39. The van der Waals surface area contributed by atoms with Crippen LogP contribution in [0.15, 0.2) is 18.2 Å². The monoisotopic (exact) mass is 196 g/mol. The number of nitrogens with one attached hydrogen (secondary N) is 1. The van der Waals surface area contributed by atoms with Gasteiger partial charge in [-0.05, 0) is 30.5 Å². The van der Waals surface area contributed by atoms with Gasteiger partial charge in [-0.1, -0.05) is 17.7 Å². The van der Waals surface area contributed by atoms with E-state index in [1.165, 1.54) is 12.8 Å². The summed E-state index contributed by atoms with van der Waals surface area (Å²) < 4.78 is 0. The van der Waals surface area contributed by atoms with Gasteiger partial charge in [-0.3, -0.25) is 0 Å². The first-order valence-corrected chi connectivity index (χ1v) is 4.92. The standard InChI is InChI=1S/C10H13ClN2/c11-8-2-1-7(6-12)10(5-8)13-9-3-4-9/h1-2,5,9,13H,3-4,6,12H2. The lowest BCUT2D eigenvalue weighted by Crippen LogP contribution is -2.06. The molecule has 2 nitrogen and oxygen atoms in total. The van der Waals surface area contributed by atoms with E-state index < -0.39 is 0 Å². The molecule has 1 aliphatic rings. The highest BCUT2D eigenvalue weighted by molar-refractivity contribution is 6.30. The van der Waals surface area contributed by atoms with Crippen LogP contribution in [0, 0.1) is 0 Å². The zero-order valence-corrected chi connectivity index (χ0v) is 8.14. The second-order valence-electron chi connectivity index (χ2n) is 3.42. The minimum Gasteiger partial charge on any atom is -0.382 e. The van der Waals surface area contributed by atoms with E-state index in [1.54, 1.807) is 0 Å². The van der Waals surface area contributed by atoms with Gasteiger partial charge >= 0.3 is 0 Å². The van der Waals surface area contributed by atoms with Crippen LogP contribution in [-0.4, -0.2) is 6.04 Å². The molecule has 70 valence electrons. The fourth-order valence-electron chi connectivity index (χ4n) is 1.31. The van der Waals surface area contributed by atoms with Crippen molar-refractivity contribution in [1.82, 2.24) is 0 Å². The molecule has 0 bridgehead atoms. The summed E-state index contributed by atoms with van der Waals surface area (Å²) >= 11 is 5.90. The number of hydrogen-bond donors (Lipinski definition) is 2. The van der Waals surface area contributed by atoms with Gasteiger partial charge in [0.1, 0.15) is 0 Å². The molecule has 0 spiro atoms. The molecule has 1 aliphatic carbocycles. The summed E-state index contributed by atoms with van der Waals surface area (Å²) in [5, 5.41) is 4.18. The molecule has 0 amide bonds. The third-order valence-electron chi connectivity index (χ3n) is 2.23. The van der Waals surface area contributed by atoms with E-state index in [2.05, 4.69) is 5.32 Å². The Labute approximate surface area is 83.1 Å². The van der Waals surface area contributed by atoms with Crippen LogP contribution in [0.5, 0.6) is 0 Å². The van der Waals surface area contributed by atoms with E-state index in [0.29, 0.717) is 12.6 Å². The lowest BCUT2D eigenvalue weighted by Gasteiger charge is -2.09. The van der Waals surface area contributed by atoms with Crippen LogP contribution in [0.1, 0.15) is 18.4 Å². The molecule has 0 aromatic heterocycles. The molecule has 3 heteroatoms. The normalized spacial score (nSPS) is 15.8. The van der Waals surface area contributed by atoms with E-state index in [1.807, 2.05) is 18.2 Å². The van der Waals surface area contributed by atoms with Crippen molar-refractivity contribution in [2.24, 2.45) is 5.73 Å². The van der Waals surface area contributed by atoms with Crippen molar-refractivity contribution in [1.29, 1.82) is 0 Å². The number of benzene rings is 1. The molecule has 1 aromatic rings. The molecular formula is C10H13ClN2. The van der Waals surface area contributed by atoms with Gasteiger partial charge < -0.3 is 11.1 Å². The summed E-state index contributed by atoms with van der Waals surface area (Å²) in [5.41, 5.74) is 7.84. The minimum atomic E-state index is 0.562. The molecule has 3 N–H and O–H groups in total. The maximum Gasteiger partial charge on any atom is 0.0426 e. The maximum absolute atomic E-state index is 5.90. The van der Waals surface area contributed by atoms with E-state index in [0.717, 1.165) is 16.3 Å². The predicted octanol–water partition coefficient (Wildman–Crippen LogP) is 2.37. The first-order chi connectivity index (χ1) is 6.29. The second kappa shape index (κ2) is 3.56. The summed E-state index contributed by atoms with van der Waals surface area (Å²) in [4.78, 5) is 0. The molecule has 1 saturated carbocycles. The predicted molar refractivity (Wildman–Crippen MR) is 56.0 cm³/mol. The molecule has 0 aliphatic heterocycles. The molecule has 0 atom stereocenters. The van der Waals surface area contributed by atoms with Crippen LogP contribution < -0.4 is 11.1 Å². The SMILES string of the molecule is NCc1ccc(Cl)cc1NC1CC1. The Balaban J connectivity index is 2.22. The van der Waals surface area contributed by atoms with Crippen LogP contribution in [-0.2, 0) is 6.54 Å². The lowest BCUT2D eigenvalue weighted by molar-refractivity contribution is 1.05. The molecule has 1 fully saturated rings. The zero-order chi connectivity index (χ0) is 9.26. The molecule has 0 radical (unpaired) electrons. The van der Waals surface area contributed by atoms with Gasteiger partial charge in [0.15, 0.2) is 0 Å². The first-order valence-electron chi connectivity index (χ1n) is 4.54. The number of anilines is 1. The third kappa shape index (κ3) is 2.14. The van der Waals surface area contributed by atoms with Crippen molar-refractivity contribution in [3.63, 3.8) is 0 Å². The maximum atomic E-state index is 5.90. The number of rotatable bonds is 3. The van der Waals surface area contributed by atoms with Gasteiger partial charge in [0, 0.05) is 23.3 Å². The summed E-state index contributed by atoms with van der Waals surface area (Å²) in [6.07, 6.45) is 2.52. The fraction of sp³-hybridized carbons (Fsp3) is 0.400. The largest absolute Gasteiger partial charge is 0.382 e. The van der Waals surface area contributed by atoms with Crippen molar-refractivity contribution in [3.8, 4) is 0 Å².